The van der Waals surface area contributed by atoms with Crippen molar-refractivity contribution in [3.05, 3.63) is 28.2 Å². The third kappa shape index (κ3) is 4.45. The Morgan fingerprint density at radius 2 is 2.05 bits per heavy atom. The summed E-state index contributed by atoms with van der Waals surface area (Å²) in [7, 11) is -3.40. The maximum Gasteiger partial charge on any atom is 0.244 e. The van der Waals surface area contributed by atoms with Crippen LogP contribution < -0.4 is 5.32 Å². The van der Waals surface area contributed by atoms with Crippen molar-refractivity contribution in [3.63, 3.8) is 0 Å². The predicted octanol–water partition coefficient (Wildman–Crippen LogP) is 2.69. The Balaban J connectivity index is 2.22. The van der Waals surface area contributed by atoms with Crippen LogP contribution in [0.25, 0.3) is 0 Å². The highest BCUT2D eigenvalue weighted by atomic mass is 79.9. The van der Waals surface area contributed by atoms with E-state index in [1.807, 2.05) is 12.1 Å². The van der Waals surface area contributed by atoms with Crippen molar-refractivity contribution in [2.45, 2.75) is 24.8 Å². The van der Waals surface area contributed by atoms with Crippen molar-refractivity contribution in [3.8, 4) is 0 Å². The fraction of sp³-hybridized carbons (Fsp3) is 0.571. The van der Waals surface area contributed by atoms with E-state index in [2.05, 4.69) is 28.2 Å². The molecule has 1 aromatic rings. The van der Waals surface area contributed by atoms with Crippen molar-refractivity contribution >= 4 is 37.7 Å². The van der Waals surface area contributed by atoms with Crippen molar-refractivity contribution < 1.29 is 8.42 Å². The Labute approximate surface area is 139 Å². The summed E-state index contributed by atoms with van der Waals surface area (Å²) in [5, 5.41) is 3.30. The molecule has 1 aromatic carbocycles. The molecule has 0 atom stereocenters. The Bertz CT molecular complexity index is 572. The molecule has 1 saturated heterocycles. The molecular formula is C14H21BrN2O2S2. The maximum absolute atomic E-state index is 12.8. The van der Waals surface area contributed by atoms with Gasteiger partial charge in [0.2, 0.25) is 10.0 Å². The SMILES string of the molecule is CCCNCc1ccc(Br)c(S(=O)(=O)N2CCSCC2)c1. The van der Waals surface area contributed by atoms with Gasteiger partial charge in [0, 0.05) is 35.6 Å². The van der Waals surface area contributed by atoms with Gasteiger partial charge in [0.25, 0.3) is 0 Å². The molecule has 7 heteroatoms. The van der Waals surface area contributed by atoms with Gasteiger partial charge in [-0.1, -0.05) is 13.0 Å². The molecule has 4 nitrogen and oxygen atoms in total. The van der Waals surface area contributed by atoms with Crippen molar-refractivity contribution in [2.24, 2.45) is 0 Å². The predicted molar refractivity (Wildman–Crippen MR) is 92.2 cm³/mol. The molecular weight excluding hydrogens is 372 g/mol. The highest BCUT2D eigenvalue weighted by molar-refractivity contribution is 9.10. The molecule has 2 rings (SSSR count). The van der Waals surface area contributed by atoms with Crippen LogP contribution in [0.5, 0.6) is 0 Å². The summed E-state index contributed by atoms with van der Waals surface area (Å²) in [5.74, 6) is 1.74. The first-order chi connectivity index (χ1) is 10.1. The molecule has 0 aromatic heterocycles. The van der Waals surface area contributed by atoms with Gasteiger partial charge in [0.1, 0.15) is 0 Å². The summed E-state index contributed by atoms with van der Waals surface area (Å²) < 4.78 is 27.7. The van der Waals surface area contributed by atoms with E-state index < -0.39 is 10.0 Å². The minimum Gasteiger partial charge on any atom is -0.313 e. The van der Waals surface area contributed by atoms with Gasteiger partial charge in [-0.25, -0.2) is 8.42 Å². The number of benzene rings is 1. The summed E-state index contributed by atoms with van der Waals surface area (Å²) in [5.41, 5.74) is 0.997. The first-order valence-corrected chi connectivity index (χ1v) is 10.5. The van der Waals surface area contributed by atoms with Gasteiger partial charge in [-0.15, -0.1) is 0 Å². The monoisotopic (exact) mass is 392 g/mol. The number of rotatable bonds is 6. The Morgan fingerprint density at radius 1 is 1.33 bits per heavy atom. The minimum atomic E-state index is -3.40. The second-order valence-electron chi connectivity index (χ2n) is 4.96. The van der Waals surface area contributed by atoms with Crippen LogP contribution >= 0.6 is 27.7 Å². The van der Waals surface area contributed by atoms with Gasteiger partial charge in [-0.3, -0.25) is 0 Å². The zero-order chi connectivity index (χ0) is 15.3. The molecule has 1 fully saturated rings. The number of thioether (sulfide) groups is 1. The van der Waals surface area contributed by atoms with Crippen LogP contribution in [0.1, 0.15) is 18.9 Å². The van der Waals surface area contributed by atoms with Gasteiger partial charge >= 0.3 is 0 Å². The van der Waals surface area contributed by atoms with Gasteiger partial charge in [0.15, 0.2) is 0 Å². The van der Waals surface area contributed by atoms with Crippen LogP contribution in [-0.4, -0.2) is 43.9 Å². The summed E-state index contributed by atoms with van der Waals surface area (Å²) in [6.07, 6.45) is 1.06. The average molecular weight is 393 g/mol. The topological polar surface area (TPSA) is 49.4 Å². The first-order valence-electron chi connectivity index (χ1n) is 7.12. The van der Waals surface area contributed by atoms with Crippen molar-refractivity contribution in [1.82, 2.24) is 9.62 Å². The van der Waals surface area contributed by atoms with E-state index in [1.54, 1.807) is 22.1 Å². The highest BCUT2D eigenvalue weighted by Crippen LogP contribution is 2.27. The molecule has 1 heterocycles. The largest absolute Gasteiger partial charge is 0.313 e. The molecule has 0 spiro atoms. The van der Waals surface area contributed by atoms with E-state index in [-0.39, 0.29) is 0 Å². The van der Waals surface area contributed by atoms with E-state index >= 15 is 0 Å². The van der Waals surface area contributed by atoms with Crippen LogP contribution in [-0.2, 0) is 16.6 Å². The van der Waals surface area contributed by atoms with E-state index in [1.165, 1.54) is 0 Å². The quantitative estimate of drug-likeness (QED) is 0.755. The Hall–Kier alpha value is -0.0800. The first kappa shape index (κ1) is 17.3. The number of halogens is 1. The van der Waals surface area contributed by atoms with Crippen LogP contribution in [0, 0.1) is 0 Å². The van der Waals surface area contributed by atoms with Crippen molar-refractivity contribution in [2.75, 3.05) is 31.1 Å². The Morgan fingerprint density at radius 3 is 2.71 bits per heavy atom. The third-order valence-corrected chi connectivity index (χ3v) is 7.17. The van der Waals surface area contributed by atoms with E-state index in [9.17, 15) is 8.42 Å². The normalized spacial score (nSPS) is 17.0. The van der Waals surface area contributed by atoms with Crippen molar-refractivity contribution in [1.29, 1.82) is 0 Å². The lowest BCUT2D eigenvalue weighted by atomic mass is 10.2. The number of nitrogens with zero attached hydrogens (tertiary/aromatic N) is 1. The molecule has 118 valence electrons. The van der Waals surface area contributed by atoms with Gasteiger partial charge in [-0.05, 0) is 46.6 Å². The van der Waals surface area contributed by atoms with Gasteiger partial charge in [-0.2, -0.15) is 16.1 Å². The van der Waals surface area contributed by atoms with Crippen LogP contribution in [0.3, 0.4) is 0 Å². The number of hydrogen-bond acceptors (Lipinski definition) is 4. The molecule has 0 amide bonds. The lowest BCUT2D eigenvalue weighted by molar-refractivity contribution is 0.443. The summed E-state index contributed by atoms with van der Waals surface area (Å²) in [6.45, 7) is 4.93. The average Bonchev–Trinajstić information content (AvgIpc) is 2.50. The fourth-order valence-corrected chi connectivity index (χ4v) is 5.74. The fourth-order valence-electron chi connectivity index (χ4n) is 2.19. The molecule has 1 N–H and O–H groups in total. The van der Waals surface area contributed by atoms with E-state index in [0.717, 1.165) is 30.0 Å². The number of sulfonamides is 1. The number of nitrogens with one attached hydrogen (secondary N) is 1. The maximum atomic E-state index is 12.8. The van der Waals surface area contributed by atoms with Gasteiger partial charge < -0.3 is 5.32 Å². The van der Waals surface area contributed by atoms with Crippen LogP contribution in [0.15, 0.2) is 27.6 Å². The standard InChI is InChI=1S/C14H21BrN2O2S2/c1-2-5-16-11-12-3-4-13(15)14(10-12)21(18,19)17-6-8-20-9-7-17/h3-4,10,16H,2,5-9,11H2,1H3. The van der Waals surface area contributed by atoms with Gasteiger partial charge in [0.05, 0.1) is 4.90 Å². The van der Waals surface area contributed by atoms with E-state index in [0.29, 0.717) is 29.0 Å². The van der Waals surface area contributed by atoms with Crippen LogP contribution in [0.2, 0.25) is 0 Å². The molecule has 0 bridgehead atoms. The molecule has 0 aliphatic carbocycles. The zero-order valence-electron chi connectivity index (χ0n) is 12.1. The summed E-state index contributed by atoms with van der Waals surface area (Å²) >= 11 is 5.19. The molecule has 0 radical (unpaired) electrons. The highest BCUT2D eigenvalue weighted by Gasteiger charge is 2.28. The second kappa shape index (κ2) is 7.97. The molecule has 0 unspecified atom stereocenters. The molecule has 1 aliphatic heterocycles. The molecule has 21 heavy (non-hydrogen) atoms. The van der Waals surface area contributed by atoms with Crippen LogP contribution in [0.4, 0.5) is 0 Å². The van der Waals surface area contributed by atoms with E-state index in [4.69, 9.17) is 0 Å². The smallest absolute Gasteiger partial charge is 0.244 e. The minimum absolute atomic E-state index is 0.380. The second-order valence-corrected chi connectivity index (χ2v) is 8.94. The molecule has 0 saturated carbocycles. The lowest BCUT2D eigenvalue weighted by Gasteiger charge is -2.26. The number of hydrogen-bond donors (Lipinski definition) is 1. The third-order valence-electron chi connectivity index (χ3n) is 3.34. The summed E-state index contributed by atoms with van der Waals surface area (Å²) in [4.78, 5) is 0.380. The lowest BCUT2D eigenvalue weighted by Crippen LogP contribution is -2.38. The molecule has 1 aliphatic rings. The Kier molecular flexibility index (Phi) is 6.55. The summed E-state index contributed by atoms with van der Waals surface area (Å²) in [6, 6.07) is 5.57. The zero-order valence-corrected chi connectivity index (χ0v) is 15.4.